The van der Waals surface area contributed by atoms with Gasteiger partial charge >= 0.3 is 0 Å². The van der Waals surface area contributed by atoms with Crippen molar-refractivity contribution in [3.05, 3.63) is 29.3 Å². The molecule has 0 N–H and O–H groups in total. The molecular weight excluding hydrogens is 246 g/mol. The predicted octanol–water partition coefficient (Wildman–Crippen LogP) is 4.30. The van der Waals surface area contributed by atoms with Crippen molar-refractivity contribution in [2.75, 3.05) is 26.7 Å². The summed E-state index contributed by atoms with van der Waals surface area (Å²) in [6.45, 7) is 12.6. The molecular formula is C18H31NO. The fourth-order valence-electron chi connectivity index (χ4n) is 2.74. The Bertz CT molecular complexity index is 389. The molecule has 0 aliphatic rings. The van der Waals surface area contributed by atoms with Crippen molar-refractivity contribution in [1.29, 1.82) is 0 Å². The van der Waals surface area contributed by atoms with Crippen molar-refractivity contribution >= 4 is 0 Å². The molecule has 2 heteroatoms. The first-order chi connectivity index (χ1) is 9.60. The number of methoxy groups -OCH3 is 1. The van der Waals surface area contributed by atoms with Crippen molar-refractivity contribution in [2.24, 2.45) is 5.92 Å². The van der Waals surface area contributed by atoms with Crippen molar-refractivity contribution in [2.45, 2.75) is 47.0 Å². The first kappa shape index (κ1) is 17.0. The highest BCUT2D eigenvalue weighted by atomic mass is 16.5. The van der Waals surface area contributed by atoms with Gasteiger partial charge in [0.1, 0.15) is 5.75 Å². The normalized spacial score (nSPS) is 12.7. The van der Waals surface area contributed by atoms with Gasteiger partial charge in [-0.25, -0.2) is 0 Å². The maximum Gasteiger partial charge on any atom is 0.121 e. The van der Waals surface area contributed by atoms with Gasteiger partial charge in [-0.1, -0.05) is 39.3 Å². The Kier molecular flexibility index (Phi) is 7.68. The Hall–Kier alpha value is -1.02. The van der Waals surface area contributed by atoms with E-state index >= 15 is 0 Å². The first-order valence-electron chi connectivity index (χ1n) is 7.96. The van der Waals surface area contributed by atoms with E-state index in [2.05, 4.69) is 50.8 Å². The summed E-state index contributed by atoms with van der Waals surface area (Å²) >= 11 is 0. The summed E-state index contributed by atoms with van der Waals surface area (Å²) < 4.78 is 5.32. The van der Waals surface area contributed by atoms with Crippen molar-refractivity contribution in [3.8, 4) is 5.75 Å². The summed E-state index contributed by atoms with van der Waals surface area (Å²) in [5.74, 6) is 1.68. The minimum atomic E-state index is 0.694. The van der Waals surface area contributed by atoms with Crippen LogP contribution in [0.15, 0.2) is 18.2 Å². The largest absolute Gasteiger partial charge is 0.496 e. The molecule has 0 heterocycles. The number of nitrogens with zero attached hydrogens (tertiary/aromatic N) is 1. The average molecular weight is 277 g/mol. The highest BCUT2D eigenvalue weighted by molar-refractivity contribution is 5.36. The highest BCUT2D eigenvalue weighted by Gasteiger charge is 2.10. The minimum absolute atomic E-state index is 0.694. The smallest absolute Gasteiger partial charge is 0.121 e. The summed E-state index contributed by atoms with van der Waals surface area (Å²) in [5, 5.41) is 0. The van der Waals surface area contributed by atoms with Crippen LogP contribution >= 0.6 is 0 Å². The van der Waals surface area contributed by atoms with E-state index in [4.69, 9.17) is 4.74 Å². The van der Waals surface area contributed by atoms with Gasteiger partial charge in [0, 0.05) is 6.54 Å². The maximum absolute atomic E-state index is 5.32. The second-order valence-electron chi connectivity index (χ2n) is 5.86. The summed E-state index contributed by atoms with van der Waals surface area (Å²) in [6.07, 6.45) is 3.73. The molecule has 0 fully saturated rings. The lowest BCUT2D eigenvalue weighted by Crippen LogP contribution is -2.30. The van der Waals surface area contributed by atoms with Gasteiger partial charge in [0.15, 0.2) is 0 Å². The van der Waals surface area contributed by atoms with Gasteiger partial charge in [0.05, 0.1) is 7.11 Å². The molecule has 0 radical (unpaired) electrons. The third-order valence-corrected chi connectivity index (χ3v) is 3.89. The topological polar surface area (TPSA) is 12.5 Å². The molecule has 0 bridgehead atoms. The lowest BCUT2D eigenvalue weighted by atomic mass is 9.98. The zero-order valence-corrected chi connectivity index (χ0v) is 13.9. The first-order valence-corrected chi connectivity index (χ1v) is 7.96. The Morgan fingerprint density at radius 1 is 1.25 bits per heavy atom. The van der Waals surface area contributed by atoms with Gasteiger partial charge in [-0.05, 0) is 56.0 Å². The van der Waals surface area contributed by atoms with Crippen LogP contribution in [0.1, 0.15) is 44.7 Å². The van der Waals surface area contributed by atoms with E-state index in [9.17, 15) is 0 Å². The number of hydrogen-bond acceptors (Lipinski definition) is 2. The molecule has 1 unspecified atom stereocenters. The van der Waals surface area contributed by atoms with E-state index in [0.29, 0.717) is 5.92 Å². The second kappa shape index (κ2) is 9.02. The lowest BCUT2D eigenvalue weighted by Gasteiger charge is -2.24. The van der Waals surface area contributed by atoms with Gasteiger partial charge in [-0.3, -0.25) is 0 Å². The number of unbranched alkanes of at least 4 members (excludes halogenated alkanes) is 1. The number of aryl methyl sites for hydroxylation is 1. The van der Waals surface area contributed by atoms with Crippen molar-refractivity contribution in [1.82, 2.24) is 4.90 Å². The van der Waals surface area contributed by atoms with E-state index in [1.807, 2.05) is 0 Å². The van der Waals surface area contributed by atoms with E-state index < -0.39 is 0 Å². The monoisotopic (exact) mass is 277 g/mol. The molecule has 1 rings (SSSR count). The quantitative estimate of drug-likeness (QED) is 0.667. The van der Waals surface area contributed by atoms with Crippen LogP contribution < -0.4 is 4.74 Å². The molecule has 0 aliphatic heterocycles. The van der Waals surface area contributed by atoms with Crippen molar-refractivity contribution in [3.63, 3.8) is 0 Å². The molecule has 1 aromatic rings. The molecule has 0 aromatic heterocycles. The number of benzene rings is 1. The Morgan fingerprint density at radius 3 is 2.55 bits per heavy atom. The van der Waals surface area contributed by atoms with E-state index in [1.165, 1.54) is 37.1 Å². The molecule has 114 valence electrons. The number of ether oxygens (including phenoxy) is 1. The molecule has 2 nitrogen and oxygen atoms in total. The molecule has 0 aliphatic carbocycles. The number of hydrogen-bond donors (Lipinski definition) is 0. The Labute approximate surface area is 125 Å². The van der Waals surface area contributed by atoms with Gasteiger partial charge in [-0.2, -0.15) is 0 Å². The van der Waals surface area contributed by atoms with Crippen molar-refractivity contribution < 1.29 is 4.74 Å². The van der Waals surface area contributed by atoms with Crippen LogP contribution in [0.2, 0.25) is 0 Å². The van der Waals surface area contributed by atoms with Gasteiger partial charge in [0.2, 0.25) is 0 Å². The summed E-state index contributed by atoms with van der Waals surface area (Å²) in [4.78, 5) is 2.57. The third-order valence-electron chi connectivity index (χ3n) is 3.89. The molecule has 0 saturated heterocycles. The maximum atomic E-state index is 5.32. The molecule has 0 saturated carbocycles. The SMILES string of the molecule is CCCCN(CC)CC(C)Cc1ccc(OC)c(C)c1. The fourth-order valence-corrected chi connectivity index (χ4v) is 2.74. The van der Waals surface area contributed by atoms with E-state index in [1.54, 1.807) is 7.11 Å². The van der Waals surface area contributed by atoms with E-state index in [-0.39, 0.29) is 0 Å². The van der Waals surface area contributed by atoms with Crippen LogP contribution in [0, 0.1) is 12.8 Å². The predicted molar refractivity (Wildman–Crippen MR) is 87.6 cm³/mol. The van der Waals surface area contributed by atoms with Crippen LogP contribution in [0.5, 0.6) is 5.75 Å². The van der Waals surface area contributed by atoms with Gasteiger partial charge < -0.3 is 9.64 Å². The second-order valence-corrected chi connectivity index (χ2v) is 5.86. The molecule has 0 amide bonds. The Balaban J connectivity index is 2.52. The average Bonchev–Trinajstić information content (AvgIpc) is 2.43. The van der Waals surface area contributed by atoms with Crippen LogP contribution in [0.4, 0.5) is 0 Å². The standard InChI is InChI=1S/C18H31NO/c1-6-8-11-19(7-2)14-15(3)12-17-9-10-18(20-5)16(4)13-17/h9-10,13,15H,6-8,11-12,14H2,1-5H3. The van der Waals surface area contributed by atoms with E-state index in [0.717, 1.165) is 18.7 Å². The molecule has 0 spiro atoms. The molecule has 20 heavy (non-hydrogen) atoms. The molecule has 1 aromatic carbocycles. The lowest BCUT2D eigenvalue weighted by molar-refractivity contribution is 0.244. The van der Waals surface area contributed by atoms with Crippen LogP contribution in [0.3, 0.4) is 0 Å². The van der Waals surface area contributed by atoms with Gasteiger partial charge in [-0.15, -0.1) is 0 Å². The zero-order chi connectivity index (χ0) is 15.0. The summed E-state index contributed by atoms with van der Waals surface area (Å²) in [7, 11) is 1.73. The van der Waals surface area contributed by atoms with Crippen LogP contribution in [0.25, 0.3) is 0 Å². The minimum Gasteiger partial charge on any atom is -0.496 e. The molecule has 1 atom stereocenters. The summed E-state index contributed by atoms with van der Waals surface area (Å²) in [5.41, 5.74) is 2.65. The van der Waals surface area contributed by atoms with Crippen LogP contribution in [-0.4, -0.2) is 31.6 Å². The van der Waals surface area contributed by atoms with Gasteiger partial charge in [0.25, 0.3) is 0 Å². The Morgan fingerprint density at radius 2 is 2.00 bits per heavy atom. The third kappa shape index (κ3) is 5.54. The number of rotatable bonds is 9. The summed E-state index contributed by atoms with van der Waals surface area (Å²) in [6, 6.07) is 6.55. The zero-order valence-electron chi connectivity index (χ0n) is 13.9. The highest BCUT2D eigenvalue weighted by Crippen LogP contribution is 2.20. The van der Waals surface area contributed by atoms with Crippen LogP contribution in [-0.2, 0) is 6.42 Å². The fraction of sp³-hybridized carbons (Fsp3) is 0.667.